The van der Waals surface area contributed by atoms with Crippen LogP contribution in [0.3, 0.4) is 0 Å². The number of carbonyl (C=O) groups excluding carboxylic acids is 1. The highest BCUT2D eigenvalue weighted by atomic mass is 32.1. The Morgan fingerprint density at radius 3 is 2.64 bits per heavy atom. The molecule has 1 amide bonds. The minimum Gasteiger partial charge on any atom is -0.480 e. The minimum absolute atomic E-state index is 0.0658. The molecule has 1 unspecified atom stereocenters. The van der Waals surface area contributed by atoms with Gasteiger partial charge in [0.15, 0.2) is 0 Å². The van der Waals surface area contributed by atoms with Crippen LogP contribution in [0.4, 0.5) is 0 Å². The molecule has 0 aliphatic heterocycles. The van der Waals surface area contributed by atoms with Crippen molar-refractivity contribution < 1.29 is 14.7 Å². The first-order valence-electron chi connectivity index (χ1n) is 4.44. The second-order valence-corrected chi connectivity index (χ2v) is 3.36. The van der Waals surface area contributed by atoms with Crippen LogP contribution in [0, 0.1) is 0 Å². The van der Waals surface area contributed by atoms with Crippen LogP contribution in [0.15, 0.2) is 0 Å². The maximum atomic E-state index is 10.9. The number of nitrogens with one attached hydrogen (secondary N) is 1. The molecule has 0 radical (unpaired) electrons. The third-order valence-electron chi connectivity index (χ3n) is 1.67. The van der Waals surface area contributed by atoms with E-state index in [0.29, 0.717) is 31.6 Å². The molecular weight excluding hydrogens is 204 g/mol. The van der Waals surface area contributed by atoms with Gasteiger partial charge in [0.1, 0.15) is 6.04 Å². The number of aliphatic carboxylic acids is 1. The fourth-order valence-corrected chi connectivity index (χ4v) is 1.07. The van der Waals surface area contributed by atoms with Crippen LogP contribution in [-0.2, 0) is 9.59 Å². The maximum absolute atomic E-state index is 10.9. The van der Waals surface area contributed by atoms with Gasteiger partial charge in [0.05, 0.1) is 0 Å². The van der Waals surface area contributed by atoms with E-state index in [9.17, 15) is 9.59 Å². The first-order chi connectivity index (χ1) is 6.57. The Hall–Kier alpha value is -0.750. The van der Waals surface area contributed by atoms with Gasteiger partial charge in [0.25, 0.3) is 0 Å². The van der Waals surface area contributed by atoms with Crippen LogP contribution >= 0.6 is 12.6 Å². The Morgan fingerprint density at radius 1 is 1.50 bits per heavy atom. The summed E-state index contributed by atoms with van der Waals surface area (Å²) in [5.41, 5.74) is 5.27. The van der Waals surface area contributed by atoms with Crippen LogP contribution in [0.1, 0.15) is 19.3 Å². The number of amides is 1. The van der Waals surface area contributed by atoms with Crippen molar-refractivity contribution in [3.8, 4) is 0 Å². The summed E-state index contributed by atoms with van der Waals surface area (Å²) in [6, 6.07) is -0.836. The van der Waals surface area contributed by atoms with E-state index >= 15 is 0 Å². The largest absolute Gasteiger partial charge is 0.480 e. The summed E-state index contributed by atoms with van der Waals surface area (Å²) in [5, 5.41) is 11.1. The molecule has 1 atom stereocenters. The van der Waals surface area contributed by atoms with Gasteiger partial charge in [-0.2, -0.15) is 12.6 Å². The predicted octanol–water partition coefficient (Wildman–Crippen LogP) is -0.385. The van der Waals surface area contributed by atoms with E-state index < -0.39 is 12.0 Å². The summed E-state index contributed by atoms with van der Waals surface area (Å²) in [5.74, 6) is -0.559. The van der Waals surface area contributed by atoms with Crippen LogP contribution in [0.5, 0.6) is 0 Å². The molecule has 0 aromatic carbocycles. The van der Waals surface area contributed by atoms with Crippen LogP contribution in [0.25, 0.3) is 0 Å². The molecule has 5 nitrogen and oxygen atoms in total. The fourth-order valence-electron chi connectivity index (χ4n) is 0.863. The van der Waals surface area contributed by atoms with Crippen molar-refractivity contribution in [1.29, 1.82) is 0 Å². The topological polar surface area (TPSA) is 92.4 Å². The van der Waals surface area contributed by atoms with Gasteiger partial charge in [-0.3, -0.25) is 9.59 Å². The average molecular weight is 220 g/mol. The number of carboxylic acid groups (broad SMARTS) is 1. The lowest BCUT2D eigenvalue weighted by Crippen LogP contribution is -2.32. The van der Waals surface area contributed by atoms with E-state index in [0.717, 1.165) is 0 Å². The van der Waals surface area contributed by atoms with E-state index in [4.69, 9.17) is 10.8 Å². The van der Waals surface area contributed by atoms with Gasteiger partial charge in [0.2, 0.25) is 5.91 Å². The van der Waals surface area contributed by atoms with Crippen molar-refractivity contribution in [2.75, 3.05) is 12.3 Å². The first kappa shape index (κ1) is 13.2. The lowest BCUT2D eigenvalue weighted by Gasteiger charge is -2.06. The molecule has 0 saturated heterocycles. The highest BCUT2D eigenvalue weighted by Gasteiger charge is 2.10. The van der Waals surface area contributed by atoms with E-state index in [1.54, 1.807) is 0 Å². The SMILES string of the molecule is NC(CCCNC(=O)CCS)C(=O)O. The number of nitrogens with two attached hydrogens (primary N) is 1. The molecule has 6 heteroatoms. The highest BCUT2D eigenvalue weighted by molar-refractivity contribution is 7.80. The summed E-state index contributed by atoms with van der Waals surface area (Å²) in [6.45, 7) is 0.466. The van der Waals surface area contributed by atoms with E-state index in [1.165, 1.54) is 0 Å². The average Bonchev–Trinajstić information content (AvgIpc) is 2.12. The van der Waals surface area contributed by atoms with E-state index in [-0.39, 0.29) is 5.91 Å². The zero-order valence-corrected chi connectivity index (χ0v) is 8.80. The van der Waals surface area contributed by atoms with Gasteiger partial charge in [-0.05, 0) is 18.6 Å². The number of hydrogen-bond donors (Lipinski definition) is 4. The molecule has 0 bridgehead atoms. The standard InChI is InChI=1S/C8H16N2O3S/c9-6(8(12)13)2-1-4-10-7(11)3-5-14/h6,14H,1-5,9H2,(H,10,11)(H,12,13). The van der Waals surface area contributed by atoms with Crippen LogP contribution in [0.2, 0.25) is 0 Å². The summed E-state index contributed by atoms with van der Waals surface area (Å²) in [7, 11) is 0. The second kappa shape index (κ2) is 7.64. The van der Waals surface area contributed by atoms with Gasteiger partial charge >= 0.3 is 5.97 Å². The van der Waals surface area contributed by atoms with Crippen molar-refractivity contribution in [2.45, 2.75) is 25.3 Å². The smallest absolute Gasteiger partial charge is 0.320 e. The predicted molar refractivity (Wildman–Crippen MR) is 56.3 cm³/mol. The van der Waals surface area contributed by atoms with Crippen LogP contribution < -0.4 is 11.1 Å². The second-order valence-electron chi connectivity index (χ2n) is 2.91. The molecule has 0 saturated carbocycles. The summed E-state index contributed by atoms with van der Waals surface area (Å²) >= 11 is 3.91. The number of hydrogen-bond acceptors (Lipinski definition) is 4. The van der Waals surface area contributed by atoms with E-state index in [1.807, 2.05) is 0 Å². The summed E-state index contributed by atoms with van der Waals surface area (Å²) in [6.07, 6.45) is 1.33. The zero-order valence-electron chi connectivity index (χ0n) is 7.90. The van der Waals surface area contributed by atoms with Gasteiger partial charge in [-0.25, -0.2) is 0 Å². The molecule has 0 aromatic rings. The molecule has 0 aromatic heterocycles. The zero-order chi connectivity index (χ0) is 11.0. The maximum Gasteiger partial charge on any atom is 0.320 e. The third kappa shape index (κ3) is 6.73. The molecule has 0 fully saturated rings. The molecule has 4 N–H and O–H groups in total. The van der Waals surface area contributed by atoms with Crippen molar-refractivity contribution in [2.24, 2.45) is 5.73 Å². The number of rotatable bonds is 7. The van der Waals surface area contributed by atoms with Gasteiger partial charge in [-0.15, -0.1) is 0 Å². The van der Waals surface area contributed by atoms with Crippen LogP contribution in [-0.4, -0.2) is 35.3 Å². The molecule has 0 rings (SSSR count). The van der Waals surface area contributed by atoms with Gasteiger partial charge < -0.3 is 16.2 Å². The highest BCUT2D eigenvalue weighted by Crippen LogP contribution is 1.93. The number of thiol groups is 1. The van der Waals surface area contributed by atoms with Crippen molar-refractivity contribution in [3.05, 3.63) is 0 Å². The monoisotopic (exact) mass is 220 g/mol. The van der Waals surface area contributed by atoms with Crippen molar-refractivity contribution >= 4 is 24.5 Å². The normalized spacial score (nSPS) is 12.1. The molecule has 82 valence electrons. The lowest BCUT2D eigenvalue weighted by atomic mass is 10.2. The Bertz CT molecular complexity index is 199. The quantitative estimate of drug-likeness (QED) is 0.347. The number of carboxylic acids is 1. The molecule has 14 heavy (non-hydrogen) atoms. The molecule has 0 heterocycles. The van der Waals surface area contributed by atoms with Gasteiger partial charge in [0, 0.05) is 13.0 Å². The van der Waals surface area contributed by atoms with Crippen molar-refractivity contribution in [3.63, 3.8) is 0 Å². The Morgan fingerprint density at radius 2 is 2.14 bits per heavy atom. The minimum atomic E-state index is -1.01. The summed E-state index contributed by atoms with van der Waals surface area (Å²) in [4.78, 5) is 21.2. The Balaban J connectivity index is 3.37. The fraction of sp³-hybridized carbons (Fsp3) is 0.750. The third-order valence-corrected chi connectivity index (χ3v) is 1.89. The first-order valence-corrected chi connectivity index (χ1v) is 5.07. The Kier molecular flexibility index (Phi) is 7.23. The lowest BCUT2D eigenvalue weighted by molar-refractivity contribution is -0.138. The van der Waals surface area contributed by atoms with Gasteiger partial charge in [-0.1, -0.05) is 0 Å². The molecule has 0 aliphatic carbocycles. The molecule has 0 aliphatic rings. The van der Waals surface area contributed by atoms with E-state index in [2.05, 4.69) is 17.9 Å². The molecular formula is C8H16N2O3S. The number of carbonyl (C=O) groups is 2. The Labute approximate surface area is 88.5 Å². The molecule has 0 spiro atoms. The summed E-state index contributed by atoms with van der Waals surface area (Å²) < 4.78 is 0. The van der Waals surface area contributed by atoms with Crippen molar-refractivity contribution in [1.82, 2.24) is 5.32 Å².